The quantitative estimate of drug-likeness (QED) is 0.419. The third-order valence-corrected chi connectivity index (χ3v) is 7.64. The van der Waals surface area contributed by atoms with E-state index in [4.69, 9.17) is 14.2 Å². The van der Waals surface area contributed by atoms with Crippen molar-refractivity contribution in [3.8, 4) is 11.5 Å². The second-order valence-electron chi connectivity index (χ2n) is 10.4. The lowest BCUT2D eigenvalue weighted by Gasteiger charge is -2.39. The van der Waals surface area contributed by atoms with Crippen molar-refractivity contribution in [2.24, 2.45) is 0 Å². The van der Waals surface area contributed by atoms with Crippen molar-refractivity contribution in [1.29, 1.82) is 0 Å². The zero-order chi connectivity index (χ0) is 26.6. The van der Waals surface area contributed by atoms with Gasteiger partial charge < -0.3 is 39.3 Å². The predicted molar refractivity (Wildman–Crippen MR) is 154 cm³/mol. The fourth-order valence-corrected chi connectivity index (χ4v) is 5.32. The van der Waals surface area contributed by atoms with Gasteiger partial charge in [-0.3, -0.25) is 0 Å². The molecular weight excluding hydrogens is 520 g/mol. The number of piperidine rings is 2. The molecule has 3 aliphatic rings. The van der Waals surface area contributed by atoms with Gasteiger partial charge in [-0.05, 0) is 82.3 Å². The van der Waals surface area contributed by atoms with Gasteiger partial charge in [-0.25, -0.2) is 9.59 Å². The van der Waals surface area contributed by atoms with Crippen LogP contribution in [0.15, 0.2) is 24.3 Å². The Labute approximate surface area is 239 Å². The molecule has 1 atom stereocenters. The number of unbranched alkanes of at least 4 members (excludes halogenated alkanes) is 1. The summed E-state index contributed by atoms with van der Waals surface area (Å²) in [6.07, 6.45) is 7.22. The van der Waals surface area contributed by atoms with Crippen LogP contribution in [-0.2, 0) is 4.74 Å². The maximum Gasteiger partial charge on any atom is 0.415 e. The normalized spacial score (nSPS) is 19.6. The summed E-state index contributed by atoms with van der Waals surface area (Å²) in [4.78, 5) is 30.8. The van der Waals surface area contributed by atoms with Crippen molar-refractivity contribution in [1.82, 2.24) is 20.0 Å². The standard InChI is InChI=1S/C28H44N4O6.H2S/c33-24(6-2-3-13-29-27(34)31-18-20-36-21-19-31)22-37-25-7-9-26(10-8-25)38-28(35)32-16-11-23(12-17-32)30-14-4-1-5-15-30;/h7-10,23-24,33H,1-6,11-22H2,(H,29,34);1H2/t24-;/m0./s1. The highest BCUT2D eigenvalue weighted by Gasteiger charge is 2.28. The molecular formula is C28H46N4O6S. The van der Waals surface area contributed by atoms with Gasteiger partial charge in [0.2, 0.25) is 0 Å². The zero-order valence-electron chi connectivity index (χ0n) is 23.0. The van der Waals surface area contributed by atoms with E-state index in [1.807, 2.05) is 0 Å². The number of nitrogens with one attached hydrogen (secondary N) is 1. The summed E-state index contributed by atoms with van der Waals surface area (Å²) in [7, 11) is 0. The van der Waals surface area contributed by atoms with Crippen LogP contribution in [0, 0.1) is 0 Å². The molecule has 1 aromatic rings. The third-order valence-electron chi connectivity index (χ3n) is 7.64. The Morgan fingerprint density at radius 3 is 2.28 bits per heavy atom. The van der Waals surface area contributed by atoms with Gasteiger partial charge in [0.25, 0.3) is 0 Å². The largest absolute Gasteiger partial charge is 0.491 e. The zero-order valence-corrected chi connectivity index (χ0v) is 24.0. The van der Waals surface area contributed by atoms with Gasteiger partial charge in [0, 0.05) is 38.8 Å². The van der Waals surface area contributed by atoms with Crippen LogP contribution < -0.4 is 14.8 Å². The monoisotopic (exact) mass is 566 g/mol. The van der Waals surface area contributed by atoms with Gasteiger partial charge >= 0.3 is 12.1 Å². The van der Waals surface area contributed by atoms with E-state index in [-0.39, 0.29) is 32.2 Å². The number of urea groups is 1. The lowest BCUT2D eigenvalue weighted by atomic mass is 10.0. The van der Waals surface area contributed by atoms with Crippen LogP contribution in [0.25, 0.3) is 0 Å². The molecule has 0 spiro atoms. The van der Waals surface area contributed by atoms with Crippen molar-refractivity contribution in [3.63, 3.8) is 0 Å². The molecule has 0 bridgehead atoms. The number of rotatable bonds is 10. The van der Waals surface area contributed by atoms with Crippen LogP contribution >= 0.6 is 13.5 Å². The molecule has 10 nitrogen and oxygen atoms in total. The van der Waals surface area contributed by atoms with E-state index in [0.717, 1.165) is 38.8 Å². The van der Waals surface area contributed by atoms with Crippen molar-refractivity contribution < 1.29 is 28.9 Å². The number of likely N-dealkylation sites (tertiary alicyclic amines) is 2. The molecule has 1 aromatic carbocycles. The molecule has 2 N–H and O–H groups in total. The van der Waals surface area contributed by atoms with E-state index >= 15 is 0 Å². The van der Waals surface area contributed by atoms with Gasteiger partial charge in [-0.2, -0.15) is 13.5 Å². The van der Waals surface area contributed by atoms with Crippen molar-refractivity contribution in [2.45, 2.75) is 63.5 Å². The number of aliphatic hydroxyl groups excluding tert-OH is 1. The number of nitrogens with zero attached hydrogens (tertiary/aromatic N) is 3. The Balaban J connectivity index is 0.00000420. The van der Waals surface area contributed by atoms with Gasteiger partial charge in [0.1, 0.15) is 18.1 Å². The topological polar surface area (TPSA) is 104 Å². The van der Waals surface area contributed by atoms with E-state index in [2.05, 4.69) is 10.2 Å². The fourth-order valence-electron chi connectivity index (χ4n) is 5.32. The average Bonchev–Trinajstić information content (AvgIpc) is 2.97. The fraction of sp³-hybridized carbons (Fsp3) is 0.714. The average molecular weight is 567 g/mol. The van der Waals surface area contributed by atoms with Crippen LogP contribution in [0.4, 0.5) is 9.59 Å². The summed E-state index contributed by atoms with van der Waals surface area (Å²) in [6.45, 7) is 7.05. The number of aliphatic hydroxyl groups is 1. The van der Waals surface area contributed by atoms with Gasteiger partial charge in [0.05, 0.1) is 19.3 Å². The third kappa shape index (κ3) is 10.4. The lowest BCUT2D eigenvalue weighted by Crippen LogP contribution is -2.48. The minimum Gasteiger partial charge on any atom is -0.491 e. The first kappa shape index (κ1) is 31.3. The molecule has 220 valence electrons. The van der Waals surface area contributed by atoms with E-state index in [9.17, 15) is 14.7 Å². The Morgan fingerprint density at radius 2 is 1.59 bits per heavy atom. The molecule has 3 heterocycles. The molecule has 3 saturated heterocycles. The number of ether oxygens (including phenoxy) is 3. The highest BCUT2D eigenvalue weighted by molar-refractivity contribution is 7.59. The van der Waals surface area contributed by atoms with E-state index in [1.165, 1.54) is 32.4 Å². The lowest BCUT2D eigenvalue weighted by molar-refractivity contribution is 0.0532. The number of amides is 3. The highest BCUT2D eigenvalue weighted by Crippen LogP contribution is 2.23. The number of hydrogen-bond acceptors (Lipinski definition) is 7. The molecule has 3 amide bonds. The van der Waals surface area contributed by atoms with Crippen LogP contribution in [0.3, 0.4) is 0 Å². The Hall–Kier alpha value is -2.21. The molecule has 0 aliphatic carbocycles. The first-order chi connectivity index (χ1) is 18.6. The minimum atomic E-state index is -0.588. The van der Waals surface area contributed by atoms with Crippen LogP contribution in [0.2, 0.25) is 0 Å². The maximum absolute atomic E-state index is 12.6. The Kier molecular flexibility index (Phi) is 13.5. The van der Waals surface area contributed by atoms with Crippen molar-refractivity contribution in [2.75, 3.05) is 65.6 Å². The summed E-state index contributed by atoms with van der Waals surface area (Å²) in [5.74, 6) is 1.10. The molecule has 0 aromatic heterocycles. The number of benzene rings is 1. The molecule has 3 aliphatic heterocycles. The van der Waals surface area contributed by atoms with Crippen LogP contribution in [-0.4, -0.2) is 110 Å². The van der Waals surface area contributed by atoms with Crippen molar-refractivity contribution in [3.05, 3.63) is 24.3 Å². The van der Waals surface area contributed by atoms with Gasteiger partial charge in [-0.15, -0.1) is 0 Å². The first-order valence-electron chi connectivity index (χ1n) is 14.3. The van der Waals surface area contributed by atoms with Crippen molar-refractivity contribution >= 4 is 25.6 Å². The summed E-state index contributed by atoms with van der Waals surface area (Å²) < 4.78 is 16.5. The number of carbonyl (C=O) groups excluding carboxylic acids is 2. The molecule has 4 rings (SSSR count). The number of hydrogen-bond donors (Lipinski definition) is 2. The number of morpholine rings is 1. The minimum absolute atomic E-state index is 0. The molecule has 39 heavy (non-hydrogen) atoms. The molecule has 0 unspecified atom stereocenters. The van der Waals surface area contributed by atoms with Gasteiger partial charge in [0.15, 0.2) is 0 Å². The summed E-state index contributed by atoms with van der Waals surface area (Å²) in [5.41, 5.74) is 0. The summed E-state index contributed by atoms with van der Waals surface area (Å²) >= 11 is 0. The van der Waals surface area contributed by atoms with E-state index in [0.29, 0.717) is 56.8 Å². The van der Waals surface area contributed by atoms with E-state index in [1.54, 1.807) is 34.1 Å². The van der Waals surface area contributed by atoms with Crippen LogP contribution in [0.1, 0.15) is 51.4 Å². The number of carbonyl (C=O) groups is 2. The summed E-state index contributed by atoms with van der Waals surface area (Å²) in [5, 5.41) is 13.1. The highest BCUT2D eigenvalue weighted by atomic mass is 32.1. The SMILES string of the molecule is O=C(NCCCC[C@H](O)COc1ccc(OC(=O)N2CCC(N3CCCCC3)CC2)cc1)N1CCOCC1.S. The second kappa shape index (κ2) is 16.8. The maximum atomic E-state index is 12.6. The smallest absolute Gasteiger partial charge is 0.415 e. The van der Waals surface area contributed by atoms with Gasteiger partial charge in [-0.1, -0.05) is 6.42 Å². The Bertz CT molecular complexity index is 856. The molecule has 11 heteroatoms. The molecule has 0 radical (unpaired) electrons. The van der Waals surface area contributed by atoms with E-state index < -0.39 is 6.10 Å². The Morgan fingerprint density at radius 1 is 0.923 bits per heavy atom. The second-order valence-corrected chi connectivity index (χ2v) is 10.4. The predicted octanol–water partition coefficient (Wildman–Crippen LogP) is 3.20. The molecule has 3 fully saturated rings. The first-order valence-corrected chi connectivity index (χ1v) is 14.3. The van der Waals surface area contributed by atoms with Crippen LogP contribution in [0.5, 0.6) is 11.5 Å². The molecule has 0 saturated carbocycles. The summed E-state index contributed by atoms with van der Waals surface area (Å²) in [6, 6.07) is 7.48.